The molecule has 1 aliphatic rings. The van der Waals surface area contributed by atoms with Crippen LogP contribution in [0.2, 0.25) is 0 Å². The van der Waals surface area contributed by atoms with Crippen molar-refractivity contribution < 1.29 is 4.79 Å². The first-order chi connectivity index (χ1) is 4.20. The molecule has 3 nitrogen and oxygen atoms in total. The average Bonchev–Trinajstić information content (AvgIpc) is 1.80. The summed E-state index contributed by atoms with van der Waals surface area (Å²) in [5.74, 6) is -0.431. The van der Waals surface area contributed by atoms with Crippen LogP contribution in [0.5, 0.6) is 0 Å². The third-order valence-electron chi connectivity index (χ3n) is 0.804. The topological polar surface area (TPSA) is 41.8 Å². The Morgan fingerprint density at radius 3 is 2.67 bits per heavy atom. The van der Waals surface area contributed by atoms with Crippen LogP contribution in [0.3, 0.4) is 0 Å². The number of carbonyl (C=O) groups is 1. The van der Waals surface area contributed by atoms with Crippen LogP contribution >= 0.6 is 11.6 Å². The number of azo groups is 1. The van der Waals surface area contributed by atoms with E-state index < -0.39 is 5.91 Å². The van der Waals surface area contributed by atoms with Crippen LogP contribution < -0.4 is 0 Å². The summed E-state index contributed by atoms with van der Waals surface area (Å²) >= 11 is 5.36. The van der Waals surface area contributed by atoms with Crippen LogP contribution in [0.4, 0.5) is 0 Å². The molecule has 0 atom stereocenters. The molecule has 0 N–H and O–H groups in total. The fourth-order valence-electron chi connectivity index (χ4n) is 0.392. The predicted octanol–water partition coefficient (Wildman–Crippen LogP) is 1.62. The Kier molecular flexibility index (Phi) is 1.44. The number of hydrogen-bond acceptors (Lipinski definition) is 2. The van der Waals surface area contributed by atoms with Gasteiger partial charge in [0.25, 0.3) is 5.91 Å². The molecule has 0 aliphatic carbocycles. The number of rotatable bonds is 0. The van der Waals surface area contributed by atoms with Gasteiger partial charge in [-0.05, 0) is 6.08 Å². The van der Waals surface area contributed by atoms with Crippen LogP contribution in [0.1, 0.15) is 0 Å². The van der Waals surface area contributed by atoms with E-state index in [0.717, 1.165) is 0 Å². The Morgan fingerprint density at radius 1 is 1.56 bits per heavy atom. The number of hydrogen-bond donors (Lipinski definition) is 0. The normalized spacial score (nSPS) is 18.1. The van der Waals surface area contributed by atoms with Gasteiger partial charge in [-0.2, -0.15) is 0 Å². The Morgan fingerprint density at radius 2 is 2.22 bits per heavy atom. The van der Waals surface area contributed by atoms with Crippen molar-refractivity contribution in [3.63, 3.8) is 0 Å². The summed E-state index contributed by atoms with van der Waals surface area (Å²) in [6, 6.07) is 0. The molecular formula is C5H3ClN2O. The maximum absolute atomic E-state index is 10.5. The highest BCUT2D eigenvalue weighted by Gasteiger charge is 2.07. The van der Waals surface area contributed by atoms with Crippen LogP contribution in [0, 0.1) is 0 Å². The van der Waals surface area contributed by atoms with E-state index in [2.05, 4.69) is 16.8 Å². The average molecular weight is 143 g/mol. The first-order valence-corrected chi connectivity index (χ1v) is 2.60. The number of halogens is 1. The van der Waals surface area contributed by atoms with Gasteiger partial charge in [0.2, 0.25) is 0 Å². The van der Waals surface area contributed by atoms with Crippen molar-refractivity contribution >= 4 is 17.5 Å². The minimum absolute atomic E-state index is 0.194. The molecule has 0 radical (unpaired) electrons. The van der Waals surface area contributed by atoms with E-state index >= 15 is 0 Å². The summed E-state index contributed by atoms with van der Waals surface area (Å²) < 4.78 is 0. The highest BCUT2D eigenvalue weighted by Crippen LogP contribution is 2.14. The third-order valence-corrected chi connectivity index (χ3v) is 0.989. The molecule has 9 heavy (non-hydrogen) atoms. The van der Waals surface area contributed by atoms with Gasteiger partial charge >= 0.3 is 0 Å². The third kappa shape index (κ3) is 1.23. The van der Waals surface area contributed by atoms with E-state index in [0.29, 0.717) is 0 Å². The molecular weight excluding hydrogens is 140 g/mol. The van der Waals surface area contributed by atoms with Gasteiger partial charge in [0.15, 0.2) is 5.16 Å². The Balaban J connectivity index is 2.95. The van der Waals surface area contributed by atoms with Crippen LogP contribution in [-0.4, -0.2) is 5.91 Å². The molecule has 4 heteroatoms. The molecule has 0 fully saturated rings. The minimum atomic E-state index is -0.431. The zero-order valence-corrected chi connectivity index (χ0v) is 5.22. The highest BCUT2D eigenvalue weighted by molar-refractivity contribution is 6.30. The largest absolute Gasteiger partial charge is 0.294 e. The number of carbonyl (C=O) groups excluding carboxylic acids is 1. The lowest BCUT2D eigenvalue weighted by molar-refractivity contribution is -0.114. The Hall–Kier alpha value is -0.960. The SMILES string of the molecule is C=C1C=C(Cl)N=NC1=O. The molecule has 46 valence electrons. The lowest BCUT2D eigenvalue weighted by Gasteiger charge is -1.96. The Bertz CT molecular complexity index is 229. The van der Waals surface area contributed by atoms with E-state index in [1.807, 2.05) is 0 Å². The molecule has 0 saturated heterocycles. The zero-order valence-electron chi connectivity index (χ0n) is 4.47. The van der Waals surface area contributed by atoms with Gasteiger partial charge in [0.1, 0.15) is 0 Å². The molecule has 1 rings (SSSR count). The van der Waals surface area contributed by atoms with E-state index in [1.54, 1.807) is 0 Å². The van der Waals surface area contributed by atoms with Crippen molar-refractivity contribution in [2.45, 2.75) is 0 Å². The van der Waals surface area contributed by atoms with Gasteiger partial charge in [-0.3, -0.25) is 4.79 Å². The molecule has 0 unspecified atom stereocenters. The van der Waals surface area contributed by atoms with E-state index in [4.69, 9.17) is 11.6 Å². The van der Waals surface area contributed by atoms with Crippen molar-refractivity contribution in [3.05, 3.63) is 23.4 Å². The zero-order chi connectivity index (χ0) is 6.85. The second-order valence-electron chi connectivity index (χ2n) is 1.50. The number of amides is 1. The summed E-state index contributed by atoms with van der Waals surface area (Å²) in [5.41, 5.74) is 0.273. The fourth-order valence-corrected chi connectivity index (χ4v) is 0.561. The lowest BCUT2D eigenvalue weighted by Crippen LogP contribution is -1.96. The maximum Gasteiger partial charge on any atom is 0.294 e. The maximum atomic E-state index is 10.5. The summed E-state index contributed by atoms with van der Waals surface area (Å²) in [4.78, 5) is 10.5. The quantitative estimate of drug-likeness (QED) is 0.374. The van der Waals surface area contributed by atoms with Gasteiger partial charge in [-0.1, -0.05) is 18.2 Å². The van der Waals surface area contributed by atoms with Crippen LogP contribution in [0.15, 0.2) is 33.6 Å². The molecule has 1 aliphatic heterocycles. The van der Waals surface area contributed by atoms with Crippen molar-refractivity contribution in [2.75, 3.05) is 0 Å². The minimum Gasteiger partial charge on any atom is -0.265 e. The first-order valence-electron chi connectivity index (χ1n) is 2.22. The molecule has 1 heterocycles. The van der Waals surface area contributed by atoms with Gasteiger partial charge < -0.3 is 0 Å². The van der Waals surface area contributed by atoms with Crippen molar-refractivity contribution in [1.29, 1.82) is 0 Å². The van der Waals surface area contributed by atoms with Gasteiger partial charge in [0, 0.05) is 5.57 Å². The first kappa shape index (κ1) is 6.16. The fraction of sp³-hybridized carbons (Fsp3) is 0. The van der Waals surface area contributed by atoms with Crippen LogP contribution in [-0.2, 0) is 4.79 Å². The van der Waals surface area contributed by atoms with Gasteiger partial charge in [0.05, 0.1) is 0 Å². The van der Waals surface area contributed by atoms with E-state index in [-0.39, 0.29) is 10.7 Å². The van der Waals surface area contributed by atoms with Gasteiger partial charge in [-0.15, -0.1) is 10.2 Å². The molecule has 0 aromatic carbocycles. The summed E-state index contributed by atoms with van der Waals surface area (Å²) in [5, 5.41) is 6.67. The van der Waals surface area contributed by atoms with Crippen molar-refractivity contribution in [2.24, 2.45) is 10.2 Å². The highest BCUT2D eigenvalue weighted by atomic mass is 35.5. The standard InChI is InChI=1S/C5H3ClN2O/c1-3-2-4(6)7-8-5(3)9/h2H,1H2. The van der Waals surface area contributed by atoms with Gasteiger partial charge in [-0.25, -0.2) is 0 Å². The van der Waals surface area contributed by atoms with Crippen LogP contribution in [0.25, 0.3) is 0 Å². The molecule has 0 saturated carbocycles. The Labute approximate surface area is 56.7 Å². The smallest absolute Gasteiger partial charge is 0.265 e. The second kappa shape index (κ2) is 2.11. The molecule has 0 aromatic rings. The molecule has 0 bridgehead atoms. The predicted molar refractivity (Wildman–Crippen MR) is 32.9 cm³/mol. The lowest BCUT2D eigenvalue weighted by atomic mass is 10.3. The summed E-state index contributed by atoms with van der Waals surface area (Å²) in [6.45, 7) is 3.38. The molecule has 0 aromatic heterocycles. The summed E-state index contributed by atoms with van der Waals surface area (Å²) in [7, 11) is 0. The van der Waals surface area contributed by atoms with Crippen molar-refractivity contribution in [3.8, 4) is 0 Å². The van der Waals surface area contributed by atoms with E-state index in [1.165, 1.54) is 6.08 Å². The molecule has 1 amide bonds. The number of nitrogens with zero attached hydrogens (tertiary/aromatic N) is 2. The second-order valence-corrected chi connectivity index (χ2v) is 1.88. The van der Waals surface area contributed by atoms with E-state index in [9.17, 15) is 4.79 Å². The van der Waals surface area contributed by atoms with Crippen molar-refractivity contribution in [1.82, 2.24) is 0 Å². The molecule has 0 spiro atoms. The summed E-state index contributed by atoms with van der Waals surface area (Å²) in [6.07, 6.45) is 1.37. The monoisotopic (exact) mass is 142 g/mol.